The number of nitrogens with two attached hydrogens (primary N) is 1. The number of morpholine rings is 1. The number of rotatable bonds is 4. The Hall–Kier alpha value is -1.92. The van der Waals surface area contributed by atoms with Crippen LogP contribution in [0.4, 0.5) is 0 Å². The zero-order chi connectivity index (χ0) is 14.5. The first-order valence-corrected chi connectivity index (χ1v) is 6.59. The number of carbonyl (C=O) groups is 2. The van der Waals surface area contributed by atoms with E-state index in [9.17, 15) is 9.59 Å². The van der Waals surface area contributed by atoms with Gasteiger partial charge in [0.1, 0.15) is 6.04 Å². The molecule has 0 aromatic heterocycles. The average Bonchev–Trinajstić information content (AvgIpc) is 2.45. The first kappa shape index (κ1) is 14.5. The quantitative estimate of drug-likeness (QED) is 0.709. The van der Waals surface area contributed by atoms with E-state index in [-0.39, 0.29) is 18.1 Å². The minimum absolute atomic E-state index is 0.110. The summed E-state index contributed by atoms with van der Waals surface area (Å²) < 4.78 is 5.43. The number of ether oxygens (including phenoxy) is 1. The van der Waals surface area contributed by atoms with E-state index in [4.69, 9.17) is 10.5 Å². The molecule has 0 radical (unpaired) electrons. The van der Waals surface area contributed by atoms with Gasteiger partial charge in [-0.1, -0.05) is 12.1 Å². The first-order valence-electron chi connectivity index (χ1n) is 6.59. The lowest BCUT2D eigenvalue weighted by molar-refractivity contribution is -0.129. The maximum absolute atomic E-state index is 12.1. The highest BCUT2D eigenvalue weighted by molar-refractivity contribution is 5.92. The summed E-state index contributed by atoms with van der Waals surface area (Å²) in [6.07, 6.45) is -0.152. The predicted molar refractivity (Wildman–Crippen MR) is 74.0 cm³/mol. The summed E-state index contributed by atoms with van der Waals surface area (Å²) >= 11 is 0. The second-order valence-electron chi connectivity index (χ2n) is 4.79. The Morgan fingerprint density at radius 1 is 1.50 bits per heavy atom. The van der Waals surface area contributed by atoms with Crippen molar-refractivity contribution in [2.75, 3.05) is 13.2 Å². The van der Waals surface area contributed by atoms with Gasteiger partial charge in [-0.2, -0.15) is 0 Å². The van der Waals surface area contributed by atoms with Crippen LogP contribution in [0.5, 0.6) is 0 Å². The highest BCUT2D eigenvalue weighted by Gasteiger charge is 2.27. The van der Waals surface area contributed by atoms with Gasteiger partial charge >= 0.3 is 0 Å². The third kappa shape index (κ3) is 3.55. The molecule has 2 atom stereocenters. The van der Waals surface area contributed by atoms with Crippen molar-refractivity contribution in [1.82, 2.24) is 10.6 Å². The van der Waals surface area contributed by atoms with E-state index in [0.717, 1.165) is 5.56 Å². The molecule has 1 aromatic rings. The van der Waals surface area contributed by atoms with Crippen LogP contribution in [0.1, 0.15) is 22.8 Å². The molecule has 0 spiro atoms. The zero-order valence-corrected chi connectivity index (χ0v) is 11.4. The molecule has 1 fully saturated rings. The van der Waals surface area contributed by atoms with Gasteiger partial charge in [-0.3, -0.25) is 9.59 Å². The first-order chi connectivity index (χ1) is 9.58. The van der Waals surface area contributed by atoms with E-state index in [1.54, 1.807) is 18.2 Å². The molecular formula is C14H19N3O3. The van der Waals surface area contributed by atoms with Crippen molar-refractivity contribution >= 4 is 11.8 Å². The molecule has 108 valence electrons. The molecule has 0 bridgehead atoms. The zero-order valence-electron chi connectivity index (χ0n) is 11.4. The molecule has 20 heavy (non-hydrogen) atoms. The summed E-state index contributed by atoms with van der Waals surface area (Å²) in [7, 11) is 0. The topological polar surface area (TPSA) is 93.4 Å². The molecule has 1 aliphatic rings. The number of hydrogen-bond donors (Lipinski definition) is 3. The van der Waals surface area contributed by atoms with Gasteiger partial charge in [0, 0.05) is 18.7 Å². The molecule has 6 nitrogen and oxygen atoms in total. The summed E-state index contributed by atoms with van der Waals surface area (Å²) in [5, 5.41) is 5.96. The molecule has 0 aliphatic carbocycles. The number of hydrogen-bond acceptors (Lipinski definition) is 4. The molecular weight excluding hydrogens is 258 g/mol. The van der Waals surface area contributed by atoms with Crippen LogP contribution in [0, 0.1) is 0 Å². The minimum atomic E-state index is -0.478. The number of primary amides is 1. The fourth-order valence-electron chi connectivity index (χ4n) is 2.16. The van der Waals surface area contributed by atoms with Crippen molar-refractivity contribution in [3.05, 3.63) is 35.4 Å². The van der Waals surface area contributed by atoms with Crippen LogP contribution >= 0.6 is 0 Å². The van der Waals surface area contributed by atoms with Crippen molar-refractivity contribution in [2.45, 2.75) is 25.6 Å². The van der Waals surface area contributed by atoms with Crippen LogP contribution in [-0.2, 0) is 16.1 Å². The Bertz CT molecular complexity index is 504. The Balaban J connectivity index is 1.92. The van der Waals surface area contributed by atoms with Crippen molar-refractivity contribution in [1.29, 1.82) is 0 Å². The van der Waals surface area contributed by atoms with Gasteiger partial charge in [-0.25, -0.2) is 0 Å². The van der Waals surface area contributed by atoms with Crippen molar-refractivity contribution in [3.63, 3.8) is 0 Å². The molecule has 1 aromatic carbocycles. The molecule has 6 heteroatoms. The smallest absolute Gasteiger partial charge is 0.248 e. The second kappa shape index (κ2) is 6.49. The van der Waals surface area contributed by atoms with Crippen LogP contribution in [0.15, 0.2) is 24.3 Å². The summed E-state index contributed by atoms with van der Waals surface area (Å²) in [6, 6.07) is 6.55. The van der Waals surface area contributed by atoms with Crippen molar-refractivity contribution < 1.29 is 14.3 Å². The summed E-state index contributed by atoms with van der Waals surface area (Å²) in [5.41, 5.74) is 6.49. The third-order valence-electron chi connectivity index (χ3n) is 3.28. The number of amides is 2. The minimum Gasteiger partial charge on any atom is -0.375 e. The van der Waals surface area contributed by atoms with Crippen LogP contribution in [0.2, 0.25) is 0 Å². The van der Waals surface area contributed by atoms with Gasteiger partial charge in [-0.05, 0) is 24.6 Å². The van der Waals surface area contributed by atoms with Crippen LogP contribution in [0.3, 0.4) is 0 Å². The summed E-state index contributed by atoms with van der Waals surface area (Å²) in [6.45, 7) is 3.50. The van der Waals surface area contributed by atoms with Gasteiger partial charge in [0.05, 0.1) is 12.7 Å². The Morgan fingerprint density at radius 3 is 3.00 bits per heavy atom. The molecule has 1 heterocycles. The molecule has 4 N–H and O–H groups in total. The lowest BCUT2D eigenvalue weighted by atomic mass is 10.1. The Labute approximate surface area is 117 Å². The number of benzene rings is 1. The molecule has 1 saturated heterocycles. The number of carbonyl (C=O) groups excluding carboxylic acids is 2. The highest BCUT2D eigenvalue weighted by atomic mass is 16.5. The SMILES string of the molecule is C[C@H]1OCCN[C@@H]1C(=O)NCc1cccc(C(N)=O)c1. The van der Waals surface area contributed by atoms with Crippen molar-refractivity contribution in [3.8, 4) is 0 Å². The summed E-state index contributed by atoms with van der Waals surface area (Å²) in [4.78, 5) is 23.1. The largest absolute Gasteiger partial charge is 0.375 e. The lowest BCUT2D eigenvalue weighted by Crippen LogP contribution is -2.55. The van der Waals surface area contributed by atoms with Crippen LogP contribution < -0.4 is 16.4 Å². The summed E-state index contributed by atoms with van der Waals surface area (Å²) in [5.74, 6) is -0.587. The maximum Gasteiger partial charge on any atom is 0.248 e. The van der Waals surface area contributed by atoms with Crippen LogP contribution in [-0.4, -0.2) is 37.1 Å². The highest BCUT2D eigenvalue weighted by Crippen LogP contribution is 2.07. The average molecular weight is 277 g/mol. The molecule has 1 aliphatic heterocycles. The van der Waals surface area contributed by atoms with Crippen LogP contribution in [0.25, 0.3) is 0 Å². The van der Waals surface area contributed by atoms with Gasteiger partial charge in [0.15, 0.2) is 0 Å². The normalized spacial score (nSPS) is 22.2. The van der Waals surface area contributed by atoms with E-state index in [1.165, 1.54) is 0 Å². The number of nitrogens with one attached hydrogen (secondary N) is 2. The van der Waals surface area contributed by atoms with E-state index in [2.05, 4.69) is 10.6 Å². The fourth-order valence-corrected chi connectivity index (χ4v) is 2.16. The predicted octanol–water partition coefficient (Wildman–Crippen LogP) is -0.221. The van der Waals surface area contributed by atoms with Gasteiger partial charge in [-0.15, -0.1) is 0 Å². The monoisotopic (exact) mass is 277 g/mol. The van der Waals surface area contributed by atoms with Gasteiger partial charge < -0.3 is 21.1 Å². The van der Waals surface area contributed by atoms with Gasteiger partial charge in [0.2, 0.25) is 11.8 Å². The maximum atomic E-state index is 12.1. The molecule has 2 rings (SSSR count). The molecule has 2 amide bonds. The second-order valence-corrected chi connectivity index (χ2v) is 4.79. The Morgan fingerprint density at radius 2 is 2.30 bits per heavy atom. The van der Waals surface area contributed by atoms with E-state index >= 15 is 0 Å². The van der Waals surface area contributed by atoms with Crippen molar-refractivity contribution in [2.24, 2.45) is 5.73 Å². The standard InChI is InChI=1S/C14H19N3O3/c1-9-12(16-5-6-20-9)14(19)17-8-10-3-2-4-11(7-10)13(15)18/h2-4,7,9,12,16H,5-6,8H2,1H3,(H2,15,18)(H,17,19)/t9-,12+/m1/s1. The third-order valence-corrected chi connectivity index (χ3v) is 3.28. The Kier molecular flexibility index (Phi) is 4.70. The molecule has 0 saturated carbocycles. The fraction of sp³-hybridized carbons (Fsp3) is 0.429. The van der Waals surface area contributed by atoms with E-state index < -0.39 is 5.91 Å². The van der Waals surface area contributed by atoms with Gasteiger partial charge in [0.25, 0.3) is 0 Å². The van der Waals surface area contributed by atoms with E-state index in [0.29, 0.717) is 25.3 Å². The van der Waals surface area contributed by atoms with E-state index in [1.807, 2.05) is 13.0 Å². The lowest BCUT2D eigenvalue weighted by Gasteiger charge is -2.29. The molecule has 0 unspecified atom stereocenters.